The molecule has 0 aromatic carbocycles. The van der Waals surface area contributed by atoms with Gasteiger partial charge in [-0.2, -0.15) is 0 Å². The fourth-order valence-electron chi connectivity index (χ4n) is 5.88. The number of nitrogens with zero attached hydrogens (tertiary/aromatic N) is 2. The van der Waals surface area contributed by atoms with Crippen molar-refractivity contribution in [1.29, 1.82) is 0 Å². The van der Waals surface area contributed by atoms with Crippen molar-refractivity contribution in [2.75, 3.05) is 26.7 Å². The summed E-state index contributed by atoms with van der Waals surface area (Å²) < 4.78 is 10.6. The molecular formula is C26H35N5O5. The lowest BCUT2D eigenvalue weighted by Crippen LogP contribution is -2.48. The number of hydrazine groups is 1. The second-order valence-electron chi connectivity index (χ2n) is 10.2. The van der Waals surface area contributed by atoms with Crippen molar-refractivity contribution >= 4 is 11.9 Å². The van der Waals surface area contributed by atoms with Crippen LogP contribution in [-0.4, -0.2) is 65.7 Å². The van der Waals surface area contributed by atoms with Gasteiger partial charge in [-0.3, -0.25) is 15.1 Å². The Hall–Kier alpha value is -2.95. The van der Waals surface area contributed by atoms with Crippen LogP contribution in [0.5, 0.6) is 5.88 Å². The van der Waals surface area contributed by atoms with E-state index in [0.29, 0.717) is 42.6 Å². The van der Waals surface area contributed by atoms with Crippen molar-refractivity contribution in [1.82, 2.24) is 26.1 Å². The molecule has 0 bridgehead atoms. The molecule has 3 fully saturated rings. The first kappa shape index (κ1) is 24.7. The third-order valence-corrected chi connectivity index (χ3v) is 8.00. The summed E-state index contributed by atoms with van der Waals surface area (Å²) in [4.78, 5) is 30.7. The van der Waals surface area contributed by atoms with Crippen LogP contribution in [0, 0.1) is 11.8 Å². The first-order valence-corrected chi connectivity index (χ1v) is 12.8. The smallest absolute Gasteiger partial charge is 0.371 e. The standard InChI is InChI=1S/C26H35N5O5/c1-35-23-7-3-18(14-27-23)17-2-5-21-20(12-17)24(30-29-21)25(32)28-13-16-8-10-31(11-9-16)15-19-4-6-22(36-19)26(33)34/h3-4,6-7,14,16-17,20-21,24,29-30H,2,5,8-13,15H2,1H3,(H,28,32)(H,33,34). The predicted octanol–water partition coefficient (Wildman–Crippen LogP) is 2.14. The molecule has 10 nitrogen and oxygen atoms in total. The fraction of sp³-hybridized carbons (Fsp3) is 0.577. The number of ether oxygens (including phenoxy) is 1. The third-order valence-electron chi connectivity index (χ3n) is 8.00. The van der Waals surface area contributed by atoms with Gasteiger partial charge in [0.1, 0.15) is 11.8 Å². The molecule has 2 aliphatic heterocycles. The summed E-state index contributed by atoms with van der Waals surface area (Å²) in [5.41, 5.74) is 7.83. The Labute approximate surface area is 210 Å². The summed E-state index contributed by atoms with van der Waals surface area (Å²) in [7, 11) is 1.62. The number of furan rings is 1. The Morgan fingerprint density at radius 1 is 1.17 bits per heavy atom. The maximum atomic E-state index is 13.1. The molecule has 2 aromatic rings. The predicted molar refractivity (Wildman–Crippen MR) is 131 cm³/mol. The first-order valence-electron chi connectivity index (χ1n) is 12.8. The first-order chi connectivity index (χ1) is 17.5. The lowest BCUT2D eigenvalue weighted by atomic mass is 9.73. The monoisotopic (exact) mass is 497 g/mol. The van der Waals surface area contributed by atoms with Gasteiger partial charge in [0.05, 0.1) is 13.7 Å². The molecule has 4 heterocycles. The van der Waals surface area contributed by atoms with E-state index in [1.165, 1.54) is 11.6 Å². The molecule has 1 aliphatic carbocycles. The highest BCUT2D eigenvalue weighted by molar-refractivity contribution is 5.84. The Kier molecular flexibility index (Phi) is 7.54. The minimum Gasteiger partial charge on any atom is -0.481 e. The number of fused-ring (bicyclic) bond motifs is 1. The SMILES string of the molecule is COc1ccc(C2CCC3NNC(C(=O)NCC4CCN(Cc5ccc(C(=O)O)o5)CC4)C3C2)cn1. The molecule has 3 aliphatic rings. The molecule has 1 amide bonds. The summed E-state index contributed by atoms with van der Waals surface area (Å²) in [5, 5.41) is 12.2. The van der Waals surface area contributed by atoms with Crippen molar-refractivity contribution in [3.63, 3.8) is 0 Å². The number of carbonyl (C=O) groups excluding carboxylic acids is 1. The van der Waals surface area contributed by atoms with Gasteiger partial charge < -0.3 is 19.6 Å². The van der Waals surface area contributed by atoms with E-state index >= 15 is 0 Å². The molecule has 4 N–H and O–H groups in total. The van der Waals surface area contributed by atoms with Gasteiger partial charge in [-0.25, -0.2) is 15.2 Å². The average molecular weight is 498 g/mol. The zero-order valence-corrected chi connectivity index (χ0v) is 20.6. The fourth-order valence-corrected chi connectivity index (χ4v) is 5.88. The maximum Gasteiger partial charge on any atom is 0.371 e. The number of hydrogen-bond donors (Lipinski definition) is 4. The number of amides is 1. The minimum absolute atomic E-state index is 0.0233. The number of pyridine rings is 1. The summed E-state index contributed by atoms with van der Waals surface area (Å²) in [6.07, 6.45) is 6.93. The lowest BCUT2D eigenvalue weighted by Gasteiger charge is -2.33. The van der Waals surface area contributed by atoms with E-state index in [1.54, 1.807) is 13.2 Å². The van der Waals surface area contributed by atoms with Crippen molar-refractivity contribution in [2.45, 2.75) is 56.7 Å². The summed E-state index contributed by atoms with van der Waals surface area (Å²) in [5.74, 6) is 1.37. The van der Waals surface area contributed by atoms with Crippen molar-refractivity contribution in [3.8, 4) is 5.88 Å². The number of nitrogens with one attached hydrogen (secondary N) is 3. The van der Waals surface area contributed by atoms with Crippen LogP contribution in [0.3, 0.4) is 0 Å². The van der Waals surface area contributed by atoms with Crippen molar-refractivity contribution < 1.29 is 23.8 Å². The van der Waals surface area contributed by atoms with Crippen LogP contribution in [0.15, 0.2) is 34.9 Å². The molecule has 0 radical (unpaired) electrons. The number of aromatic nitrogens is 1. The van der Waals surface area contributed by atoms with Gasteiger partial charge in [0, 0.05) is 30.8 Å². The Morgan fingerprint density at radius 2 is 2.00 bits per heavy atom. The Bertz CT molecular complexity index is 1050. The Balaban J connectivity index is 1.08. The maximum absolute atomic E-state index is 13.1. The van der Waals surface area contributed by atoms with Crippen LogP contribution in [0.1, 0.15) is 59.9 Å². The highest BCUT2D eigenvalue weighted by Gasteiger charge is 2.44. The molecule has 2 aromatic heterocycles. The quantitative estimate of drug-likeness (QED) is 0.433. The minimum atomic E-state index is -1.05. The number of carbonyl (C=O) groups is 2. The second kappa shape index (κ2) is 11.0. The number of hydrogen-bond acceptors (Lipinski definition) is 8. The van der Waals surface area contributed by atoms with Gasteiger partial charge in [-0.15, -0.1) is 0 Å². The van der Waals surface area contributed by atoms with Gasteiger partial charge in [0.25, 0.3) is 0 Å². The van der Waals surface area contributed by atoms with E-state index in [4.69, 9.17) is 14.3 Å². The second-order valence-corrected chi connectivity index (χ2v) is 10.2. The van der Waals surface area contributed by atoms with E-state index in [2.05, 4.69) is 32.1 Å². The number of carboxylic acid groups (broad SMARTS) is 1. The summed E-state index contributed by atoms with van der Waals surface area (Å²) in [6.45, 7) is 3.08. The number of piperidine rings is 1. The molecule has 36 heavy (non-hydrogen) atoms. The van der Waals surface area contributed by atoms with Crippen molar-refractivity contribution in [2.24, 2.45) is 11.8 Å². The van der Waals surface area contributed by atoms with Crippen LogP contribution in [-0.2, 0) is 11.3 Å². The normalized spacial score (nSPS) is 26.9. The highest BCUT2D eigenvalue weighted by atomic mass is 16.5. The largest absolute Gasteiger partial charge is 0.481 e. The molecule has 0 spiro atoms. The zero-order valence-electron chi connectivity index (χ0n) is 20.6. The topological polar surface area (TPSA) is 129 Å². The van der Waals surface area contributed by atoms with Crippen LogP contribution in [0.4, 0.5) is 0 Å². The summed E-state index contributed by atoms with van der Waals surface area (Å²) in [6, 6.07) is 7.31. The zero-order chi connectivity index (χ0) is 25.1. The van der Waals surface area contributed by atoms with Crippen molar-refractivity contribution in [3.05, 3.63) is 47.5 Å². The molecule has 4 unspecified atom stereocenters. The molecule has 4 atom stereocenters. The van der Waals surface area contributed by atoms with E-state index < -0.39 is 5.97 Å². The third kappa shape index (κ3) is 5.55. The van der Waals surface area contributed by atoms with Crippen LogP contribution in [0.2, 0.25) is 0 Å². The molecule has 194 valence electrons. The van der Waals surface area contributed by atoms with Gasteiger partial charge in [-0.1, -0.05) is 6.07 Å². The molecule has 10 heteroatoms. The number of methoxy groups -OCH3 is 1. The lowest BCUT2D eigenvalue weighted by molar-refractivity contribution is -0.124. The number of rotatable bonds is 8. The number of aromatic carboxylic acids is 1. The molecular weight excluding hydrogens is 462 g/mol. The highest BCUT2D eigenvalue weighted by Crippen LogP contribution is 2.39. The van der Waals surface area contributed by atoms with E-state index in [1.807, 2.05) is 12.3 Å². The number of likely N-dealkylation sites (tertiary alicyclic amines) is 1. The average Bonchev–Trinajstić information content (AvgIpc) is 3.55. The van der Waals surface area contributed by atoms with Crippen LogP contribution < -0.4 is 20.9 Å². The Morgan fingerprint density at radius 3 is 2.69 bits per heavy atom. The van der Waals surface area contributed by atoms with Crippen LogP contribution in [0.25, 0.3) is 0 Å². The molecule has 2 saturated heterocycles. The van der Waals surface area contributed by atoms with E-state index in [9.17, 15) is 9.59 Å². The van der Waals surface area contributed by atoms with Gasteiger partial charge >= 0.3 is 5.97 Å². The summed E-state index contributed by atoms with van der Waals surface area (Å²) >= 11 is 0. The van der Waals surface area contributed by atoms with Gasteiger partial charge in [0.2, 0.25) is 17.5 Å². The van der Waals surface area contributed by atoms with E-state index in [0.717, 1.165) is 45.2 Å². The van der Waals surface area contributed by atoms with Gasteiger partial charge in [0.15, 0.2) is 0 Å². The van der Waals surface area contributed by atoms with Crippen LogP contribution >= 0.6 is 0 Å². The number of carboxylic acids is 1. The van der Waals surface area contributed by atoms with E-state index in [-0.39, 0.29) is 23.6 Å². The molecule has 5 rings (SSSR count). The van der Waals surface area contributed by atoms with Gasteiger partial charge in [-0.05, 0) is 74.7 Å². The molecule has 1 saturated carbocycles.